The SMILES string of the molecule is COC1(c2ncc(C(C)N)[nH]2)CCCC(C)C1. The minimum Gasteiger partial charge on any atom is -0.370 e. The van der Waals surface area contributed by atoms with Crippen LogP contribution < -0.4 is 5.73 Å². The molecule has 1 aromatic heterocycles. The van der Waals surface area contributed by atoms with E-state index in [1.165, 1.54) is 12.8 Å². The molecule has 1 aromatic rings. The minimum absolute atomic E-state index is 0.00818. The molecule has 0 aliphatic heterocycles. The maximum absolute atomic E-state index is 5.86. The lowest BCUT2D eigenvalue weighted by Gasteiger charge is -2.37. The summed E-state index contributed by atoms with van der Waals surface area (Å²) in [5.41, 5.74) is 6.61. The molecule has 4 nitrogen and oxygen atoms in total. The summed E-state index contributed by atoms with van der Waals surface area (Å²) in [5.74, 6) is 1.63. The van der Waals surface area contributed by atoms with E-state index in [1.54, 1.807) is 7.11 Å². The van der Waals surface area contributed by atoms with Crippen molar-refractivity contribution in [2.45, 2.75) is 51.2 Å². The molecule has 3 unspecified atom stereocenters. The summed E-state index contributed by atoms with van der Waals surface area (Å²) in [4.78, 5) is 7.81. The molecule has 0 radical (unpaired) electrons. The predicted octanol–water partition coefficient (Wildman–Crippen LogP) is 2.48. The van der Waals surface area contributed by atoms with Gasteiger partial charge in [0, 0.05) is 19.3 Å². The Hall–Kier alpha value is -0.870. The van der Waals surface area contributed by atoms with E-state index in [4.69, 9.17) is 10.5 Å². The third-order valence-corrected chi connectivity index (χ3v) is 3.86. The number of nitrogens with two attached hydrogens (primary N) is 1. The molecule has 0 saturated heterocycles. The van der Waals surface area contributed by atoms with Gasteiger partial charge in [0.25, 0.3) is 0 Å². The molecule has 96 valence electrons. The zero-order valence-corrected chi connectivity index (χ0v) is 11.0. The normalized spacial score (nSPS) is 31.4. The van der Waals surface area contributed by atoms with Gasteiger partial charge in [-0.1, -0.05) is 13.3 Å². The quantitative estimate of drug-likeness (QED) is 0.849. The predicted molar refractivity (Wildman–Crippen MR) is 67.5 cm³/mol. The van der Waals surface area contributed by atoms with Crippen LogP contribution in [0.2, 0.25) is 0 Å². The number of nitrogens with zero attached hydrogens (tertiary/aromatic N) is 1. The maximum Gasteiger partial charge on any atom is 0.138 e. The number of nitrogens with one attached hydrogen (secondary N) is 1. The number of imidazole rings is 1. The third kappa shape index (κ3) is 2.38. The average Bonchev–Trinajstić information content (AvgIpc) is 2.78. The summed E-state index contributed by atoms with van der Waals surface area (Å²) in [6.45, 7) is 4.24. The van der Waals surface area contributed by atoms with Crippen molar-refractivity contribution in [1.82, 2.24) is 9.97 Å². The van der Waals surface area contributed by atoms with Crippen LogP contribution in [0.1, 0.15) is 57.1 Å². The molecule has 1 heterocycles. The molecule has 1 saturated carbocycles. The molecule has 0 spiro atoms. The summed E-state index contributed by atoms with van der Waals surface area (Å²) in [6, 6.07) is -0.00818. The van der Waals surface area contributed by atoms with Gasteiger partial charge in [-0.25, -0.2) is 4.98 Å². The number of H-pyrrole nitrogens is 1. The minimum atomic E-state index is -0.231. The van der Waals surface area contributed by atoms with Crippen molar-refractivity contribution in [2.75, 3.05) is 7.11 Å². The van der Waals surface area contributed by atoms with Crippen molar-refractivity contribution in [3.63, 3.8) is 0 Å². The van der Waals surface area contributed by atoms with Crippen LogP contribution in [0.4, 0.5) is 0 Å². The van der Waals surface area contributed by atoms with Crippen molar-refractivity contribution in [3.8, 4) is 0 Å². The van der Waals surface area contributed by atoms with Gasteiger partial charge in [-0.15, -0.1) is 0 Å². The fraction of sp³-hybridized carbons (Fsp3) is 0.769. The average molecular weight is 237 g/mol. The first-order valence-electron chi connectivity index (χ1n) is 6.43. The van der Waals surface area contributed by atoms with Crippen molar-refractivity contribution >= 4 is 0 Å². The highest BCUT2D eigenvalue weighted by Gasteiger charge is 2.39. The Balaban J connectivity index is 2.26. The molecule has 1 fully saturated rings. The van der Waals surface area contributed by atoms with Crippen molar-refractivity contribution in [1.29, 1.82) is 0 Å². The molecule has 1 aliphatic carbocycles. The molecule has 4 heteroatoms. The fourth-order valence-corrected chi connectivity index (χ4v) is 2.80. The fourth-order valence-electron chi connectivity index (χ4n) is 2.80. The number of methoxy groups -OCH3 is 1. The topological polar surface area (TPSA) is 63.9 Å². The van der Waals surface area contributed by atoms with Crippen LogP contribution >= 0.6 is 0 Å². The van der Waals surface area contributed by atoms with Gasteiger partial charge in [-0.05, 0) is 32.1 Å². The highest BCUT2D eigenvalue weighted by Crippen LogP contribution is 2.41. The molecule has 17 heavy (non-hydrogen) atoms. The number of ether oxygens (including phenoxy) is 1. The Morgan fingerprint density at radius 2 is 2.41 bits per heavy atom. The number of rotatable bonds is 3. The first kappa shape index (κ1) is 12.6. The van der Waals surface area contributed by atoms with Crippen LogP contribution in [0.15, 0.2) is 6.20 Å². The molecule has 1 aliphatic rings. The summed E-state index contributed by atoms with van der Waals surface area (Å²) in [5, 5.41) is 0. The van der Waals surface area contributed by atoms with E-state index in [0.29, 0.717) is 5.92 Å². The molecule has 3 atom stereocenters. The Kier molecular flexibility index (Phi) is 3.54. The lowest BCUT2D eigenvalue weighted by Crippen LogP contribution is -2.35. The molecule has 0 amide bonds. The van der Waals surface area contributed by atoms with Crippen LogP contribution in [0.5, 0.6) is 0 Å². The van der Waals surface area contributed by atoms with E-state index in [0.717, 1.165) is 24.4 Å². The van der Waals surface area contributed by atoms with E-state index in [9.17, 15) is 0 Å². The van der Waals surface area contributed by atoms with E-state index in [2.05, 4.69) is 16.9 Å². The van der Waals surface area contributed by atoms with Gasteiger partial charge < -0.3 is 15.5 Å². The van der Waals surface area contributed by atoms with Crippen LogP contribution in [-0.2, 0) is 10.3 Å². The zero-order chi connectivity index (χ0) is 12.5. The molecule has 2 rings (SSSR count). The van der Waals surface area contributed by atoms with Gasteiger partial charge in [0.15, 0.2) is 0 Å². The standard InChI is InChI=1S/C13H23N3O/c1-9-5-4-6-13(7-9,17-3)12-15-8-11(16-12)10(2)14/h8-10H,4-7,14H2,1-3H3,(H,15,16). The molecule has 0 bridgehead atoms. The first-order chi connectivity index (χ1) is 8.07. The second kappa shape index (κ2) is 4.78. The van der Waals surface area contributed by atoms with E-state index in [1.807, 2.05) is 13.1 Å². The van der Waals surface area contributed by atoms with Crippen LogP contribution in [0, 0.1) is 5.92 Å². The Morgan fingerprint density at radius 1 is 1.65 bits per heavy atom. The second-order valence-electron chi connectivity index (χ2n) is 5.38. The number of hydrogen-bond donors (Lipinski definition) is 2. The van der Waals surface area contributed by atoms with E-state index < -0.39 is 0 Å². The zero-order valence-electron chi connectivity index (χ0n) is 11.0. The van der Waals surface area contributed by atoms with Gasteiger partial charge >= 0.3 is 0 Å². The van der Waals surface area contributed by atoms with Crippen molar-refractivity contribution < 1.29 is 4.74 Å². The monoisotopic (exact) mass is 237 g/mol. The number of aromatic nitrogens is 2. The summed E-state index contributed by atoms with van der Waals surface area (Å²) in [6.07, 6.45) is 6.39. The second-order valence-corrected chi connectivity index (χ2v) is 5.38. The molecule has 0 aromatic carbocycles. The lowest BCUT2D eigenvalue weighted by atomic mass is 9.78. The van der Waals surface area contributed by atoms with Crippen LogP contribution in [0.3, 0.4) is 0 Å². The summed E-state index contributed by atoms with van der Waals surface area (Å²) in [7, 11) is 1.78. The summed E-state index contributed by atoms with van der Waals surface area (Å²) < 4.78 is 5.79. The van der Waals surface area contributed by atoms with Gasteiger partial charge in [-0.2, -0.15) is 0 Å². The molecular formula is C13H23N3O. The summed E-state index contributed by atoms with van der Waals surface area (Å²) >= 11 is 0. The largest absolute Gasteiger partial charge is 0.370 e. The maximum atomic E-state index is 5.86. The van der Waals surface area contributed by atoms with Crippen LogP contribution in [-0.4, -0.2) is 17.1 Å². The van der Waals surface area contributed by atoms with E-state index >= 15 is 0 Å². The molecular weight excluding hydrogens is 214 g/mol. The number of hydrogen-bond acceptors (Lipinski definition) is 3. The Labute approximate surface area is 103 Å². The highest BCUT2D eigenvalue weighted by molar-refractivity contribution is 5.12. The van der Waals surface area contributed by atoms with Gasteiger partial charge in [0.1, 0.15) is 11.4 Å². The van der Waals surface area contributed by atoms with Gasteiger partial charge in [-0.3, -0.25) is 0 Å². The van der Waals surface area contributed by atoms with Crippen molar-refractivity contribution in [3.05, 3.63) is 17.7 Å². The van der Waals surface area contributed by atoms with E-state index in [-0.39, 0.29) is 11.6 Å². The van der Waals surface area contributed by atoms with Crippen LogP contribution in [0.25, 0.3) is 0 Å². The third-order valence-electron chi connectivity index (χ3n) is 3.86. The van der Waals surface area contributed by atoms with Gasteiger partial charge in [0.05, 0.1) is 5.69 Å². The number of aromatic amines is 1. The smallest absolute Gasteiger partial charge is 0.138 e. The molecule has 3 N–H and O–H groups in total. The highest BCUT2D eigenvalue weighted by atomic mass is 16.5. The first-order valence-corrected chi connectivity index (χ1v) is 6.43. The Morgan fingerprint density at radius 3 is 2.94 bits per heavy atom. The lowest BCUT2D eigenvalue weighted by molar-refractivity contribution is -0.0641. The van der Waals surface area contributed by atoms with Gasteiger partial charge in [0.2, 0.25) is 0 Å². The van der Waals surface area contributed by atoms with Crippen molar-refractivity contribution in [2.24, 2.45) is 11.7 Å². The Bertz CT molecular complexity index is 374.